The third-order valence-electron chi connectivity index (χ3n) is 11.5. The van der Waals surface area contributed by atoms with E-state index in [1.165, 1.54) is 7.11 Å². The molecule has 11 nitrogen and oxygen atoms in total. The Balaban J connectivity index is 1.41. The summed E-state index contributed by atoms with van der Waals surface area (Å²) in [6.07, 6.45) is 0.642. The molecule has 4 rings (SSSR count). The Morgan fingerprint density at radius 1 is 0.724 bits per heavy atom. The molecule has 0 radical (unpaired) electrons. The lowest BCUT2D eigenvalue weighted by atomic mass is 9.94. The predicted molar refractivity (Wildman–Crippen MR) is 226 cm³/mol. The van der Waals surface area contributed by atoms with Crippen molar-refractivity contribution < 1.29 is 52.6 Å². The highest BCUT2D eigenvalue weighted by molar-refractivity contribution is 6.74. The van der Waals surface area contributed by atoms with Crippen LogP contribution in [-0.4, -0.2) is 98.6 Å². The molecule has 0 bridgehead atoms. The van der Waals surface area contributed by atoms with Gasteiger partial charge in [0.25, 0.3) is 0 Å². The van der Waals surface area contributed by atoms with E-state index in [-0.39, 0.29) is 66.9 Å². The second kappa shape index (κ2) is 22.0. The summed E-state index contributed by atoms with van der Waals surface area (Å²) in [6.45, 7) is 20.2. The van der Waals surface area contributed by atoms with E-state index in [0.29, 0.717) is 51.9 Å². The van der Waals surface area contributed by atoms with Gasteiger partial charge in [-0.15, -0.1) is 0 Å². The van der Waals surface area contributed by atoms with E-state index in [0.717, 1.165) is 17.5 Å². The summed E-state index contributed by atoms with van der Waals surface area (Å²) in [4.78, 5) is 12.1. The number of aliphatic hydroxyl groups excluding tert-OH is 2. The lowest BCUT2D eigenvalue weighted by Gasteiger charge is -2.42. The molecule has 0 aromatic heterocycles. The first-order chi connectivity index (χ1) is 27.2. The van der Waals surface area contributed by atoms with Crippen molar-refractivity contribution in [3.05, 3.63) is 71.8 Å². The molecular formula is C46H74O11Si. The molecule has 328 valence electrons. The Labute approximate surface area is 349 Å². The second-order valence-corrected chi connectivity index (χ2v) is 23.5. The SMILES string of the molecule is COC(=O)C[C@H]1C[C@@H](C[C@H](C[C@@H](O)C[C@H](O)C[C@H](C[C@@H]2C[C@H](CCO[Si](C)(C)C(C)(C)C)OC(C)(C)O2)OCc2ccccc2)OCc2ccccc2)OC(C)(C)O1. The van der Waals surface area contributed by atoms with Crippen molar-refractivity contribution >= 4 is 14.3 Å². The molecule has 2 N–H and O–H groups in total. The van der Waals surface area contributed by atoms with Crippen molar-refractivity contribution in [3.8, 4) is 0 Å². The van der Waals surface area contributed by atoms with Crippen LogP contribution < -0.4 is 0 Å². The largest absolute Gasteiger partial charge is 0.469 e. The summed E-state index contributed by atoms with van der Waals surface area (Å²) in [6, 6.07) is 19.9. The van der Waals surface area contributed by atoms with Crippen LogP contribution in [0.2, 0.25) is 18.1 Å². The number of benzene rings is 2. The van der Waals surface area contributed by atoms with E-state index in [4.69, 9.17) is 37.6 Å². The van der Waals surface area contributed by atoms with E-state index in [1.807, 2.05) is 88.4 Å². The summed E-state index contributed by atoms with van der Waals surface area (Å²) in [5, 5.41) is 23.2. The molecule has 0 amide bonds. The fourth-order valence-corrected chi connectivity index (χ4v) is 8.76. The minimum absolute atomic E-state index is 0.0334. The molecule has 2 aromatic carbocycles. The van der Waals surface area contributed by atoms with Gasteiger partial charge in [-0.25, -0.2) is 0 Å². The highest BCUT2D eigenvalue weighted by Crippen LogP contribution is 2.38. The van der Waals surface area contributed by atoms with Crippen molar-refractivity contribution in [2.24, 2.45) is 0 Å². The molecule has 2 aliphatic rings. The number of rotatable bonds is 22. The average molecular weight is 831 g/mol. The molecule has 2 aliphatic heterocycles. The summed E-state index contributed by atoms with van der Waals surface area (Å²) in [7, 11) is -0.522. The van der Waals surface area contributed by atoms with E-state index in [1.54, 1.807) is 0 Å². The van der Waals surface area contributed by atoms with E-state index >= 15 is 0 Å². The highest BCUT2D eigenvalue weighted by atomic mass is 28.4. The minimum atomic E-state index is -1.89. The van der Waals surface area contributed by atoms with E-state index in [2.05, 4.69) is 33.9 Å². The van der Waals surface area contributed by atoms with Gasteiger partial charge < -0.3 is 47.8 Å². The molecule has 0 spiro atoms. The maximum Gasteiger partial charge on any atom is 0.308 e. The third-order valence-corrected chi connectivity index (χ3v) is 16.0. The first-order valence-corrected chi connectivity index (χ1v) is 24.2. The predicted octanol–water partition coefficient (Wildman–Crippen LogP) is 8.62. The number of hydrogen-bond acceptors (Lipinski definition) is 11. The highest BCUT2D eigenvalue weighted by Gasteiger charge is 2.41. The fraction of sp³-hybridized carbons (Fsp3) is 0.717. The van der Waals surface area contributed by atoms with Gasteiger partial charge in [-0.1, -0.05) is 81.4 Å². The molecule has 2 saturated heterocycles. The molecule has 12 heteroatoms. The van der Waals surface area contributed by atoms with Gasteiger partial charge in [-0.2, -0.15) is 0 Å². The zero-order valence-electron chi connectivity index (χ0n) is 36.9. The van der Waals surface area contributed by atoms with Crippen LogP contribution in [0.15, 0.2) is 60.7 Å². The summed E-state index contributed by atoms with van der Waals surface area (Å²) in [5.41, 5.74) is 2.06. The molecule has 0 saturated carbocycles. The van der Waals surface area contributed by atoms with Gasteiger partial charge in [-0.3, -0.25) is 4.79 Å². The van der Waals surface area contributed by atoms with E-state index < -0.39 is 32.1 Å². The van der Waals surface area contributed by atoms with Crippen LogP contribution in [0.4, 0.5) is 0 Å². The Kier molecular flexibility index (Phi) is 18.4. The molecule has 58 heavy (non-hydrogen) atoms. The van der Waals surface area contributed by atoms with Crippen LogP contribution in [-0.2, 0) is 55.6 Å². The van der Waals surface area contributed by atoms with Crippen LogP contribution in [0, 0.1) is 0 Å². The van der Waals surface area contributed by atoms with Gasteiger partial charge in [0.1, 0.15) is 0 Å². The zero-order chi connectivity index (χ0) is 42.6. The zero-order valence-corrected chi connectivity index (χ0v) is 37.9. The van der Waals surface area contributed by atoms with Crippen molar-refractivity contribution in [2.75, 3.05) is 13.7 Å². The van der Waals surface area contributed by atoms with Gasteiger partial charge in [0.15, 0.2) is 19.9 Å². The first kappa shape index (κ1) is 48.4. The lowest BCUT2D eigenvalue weighted by molar-refractivity contribution is -0.305. The number of methoxy groups -OCH3 is 1. The molecule has 0 unspecified atom stereocenters. The normalized spacial score (nSPS) is 24.4. The Hall–Kier alpha value is -2.23. The Morgan fingerprint density at radius 3 is 1.60 bits per heavy atom. The van der Waals surface area contributed by atoms with Crippen LogP contribution in [0.3, 0.4) is 0 Å². The number of hydrogen-bond donors (Lipinski definition) is 2. The summed E-state index contributed by atoms with van der Waals surface area (Å²) < 4.78 is 49.5. The van der Waals surface area contributed by atoms with Crippen LogP contribution >= 0.6 is 0 Å². The van der Waals surface area contributed by atoms with Crippen molar-refractivity contribution in [2.45, 2.75) is 198 Å². The molecule has 8 atom stereocenters. The lowest BCUT2D eigenvalue weighted by Crippen LogP contribution is -2.47. The number of carbonyl (C=O) groups is 1. The van der Waals surface area contributed by atoms with Crippen molar-refractivity contribution in [1.82, 2.24) is 0 Å². The average Bonchev–Trinajstić information content (AvgIpc) is 3.11. The number of esters is 1. The van der Waals surface area contributed by atoms with Gasteiger partial charge in [-0.05, 0) is 82.6 Å². The van der Waals surface area contributed by atoms with Crippen LogP contribution in [0.5, 0.6) is 0 Å². The minimum Gasteiger partial charge on any atom is -0.469 e. The van der Waals surface area contributed by atoms with Gasteiger partial charge in [0, 0.05) is 32.3 Å². The standard InChI is InChI=1S/C46H74O11Si/c1-44(2,3)58(9,10)53-22-21-37-26-40(55-45(4,5)54-37)27-38(51-31-33-17-13-11-14-18-33)24-35(47)23-36(48)25-39(52-32-34-19-15-12-16-20-34)28-41-29-42(30-43(49)50-8)57-46(6,7)56-41/h11-20,35-42,47-48H,21-32H2,1-10H3/t35-,36-,37-,38+,39-,40-,41+,42+/m0/s1. The van der Waals surface area contributed by atoms with Gasteiger partial charge in [0.05, 0.1) is 75.6 Å². The van der Waals surface area contributed by atoms with Crippen molar-refractivity contribution in [1.29, 1.82) is 0 Å². The van der Waals surface area contributed by atoms with Gasteiger partial charge >= 0.3 is 5.97 Å². The fourth-order valence-electron chi connectivity index (χ4n) is 7.70. The number of carbonyl (C=O) groups excluding carboxylic acids is 1. The summed E-state index contributed by atoms with van der Waals surface area (Å²) in [5.74, 6) is -2.02. The Bertz CT molecular complexity index is 1480. The first-order valence-electron chi connectivity index (χ1n) is 21.3. The molecule has 2 fully saturated rings. The molecular weight excluding hydrogens is 757 g/mol. The van der Waals surface area contributed by atoms with Crippen molar-refractivity contribution in [3.63, 3.8) is 0 Å². The summed E-state index contributed by atoms with van der Waals surface area (Å²) >= 11 is 0. The smallest absolute Gasteiger partial charge is 0.308 e. The second-order valence-electron chi connectivity index (χ2n) is 18.7. The maximum absolute atomic E-state index is 12.1. The monoisotopic (exact) mass is 831 g/mol. The van der Waals surface area contributed by atoms with E-state index in [9.17, 15) is 15.0 Å². The Morgan fingerprint density at radius 2 is 1.16 bits per heavy atom. The van der Waals surface area contributed by atoms with Gasteiger partial charge in [0.2, 0.25) is 0 Å². The molecule has 2 aromatic rings. The van der Waals surface area contributed by atoms with Crippen LogP contribution in [0.25, 0.3) is 0 Å². The number of aliphatic hydroxyl groups is 2. The molecule has 2 heterocycles. The molecule has 0 aliphatic carbocycles. The topological polar surface area (TPSA) is 131 Å². The van der Waals surface area contributed by atoms with Crippen LogP contribution in [0.1, 0.15) is 117 Å². The third kappa shape index (κ3) is 17.0. The quantitative estimate of drug-likeness (QED) is 0.0874. The number of ether oxygens (including phenoxy) is 7. The maximum atomic E-state index is 12.1.